The summed E-state index contributed by atoms with van der Waals surface area (Å²) in [5.41, 5.74) is 0.361. The van der Waals surface area contributed by atoms with Crippen LogP contribution in [0.5, 0.6) is 0 Å². The zero-order valence-electron chi connectivity index (χ0n) is 7.86. The van der Waals surface area contributed by atoms with Crippen molar-refractivity contribution >= 4 is 21.9 Å². The SMILES string of the molecule is COC(=O)c1nn(C2CCC2)cc1Br. The van der Waals surface area contributed by atoms with Crippen LogP contribution in [0.1, 0.15) is 35.8 Å². The average Bonchev–Trinajstić information content (AvgIpc) is 2.43. The summed E-state index contributed by atoms with van der Waals surface area (Å²) in [5.74, 6) is -0.394. The molecule has 0 radical (unpaired) electrons. The van der Waals surface area contributed by atoms with Crippen LogP contribution >= 0.6 is 15.9 Å². The third kappa shape index (κ3) is 1.56. The maximum Gasteiger partial charge on any atom is 0.359 e. The first-order valence-electron chi connectivity index (χ1n) is 4.55. The van der Waals surface area contributed by atoms with E-state index in [0.717, 1.165) is 12.8 Å². The van der Waals surface area contributed by atoms with Crippen molar-refractivity contribution in [1.29, 1.82) is 0 Å². The lowest BCUT2D eigenvalue weighted by Gasteiger charge is -2.25. The van der Waals surface area contributed by atoms with E-state index in [-0.39, 0.29) is 0 Å². The Kier molecular flexibility index (Phi) is 2.58. The minimum atomic E-state index is -0.394. The van der Waals surface area contributed by atoms with Crippen LogP contribution in [0.25, 0.3) is 0 Å². The monoisotopic (exact) mass is 258 g/mol. The molecule has 76 valence electrons. The third-order valence-corrected chi connectivity index (χ3v) is 3.10. The number of carbonyl (C=O) groups is 1. The van der Waals surface area contributed by atoms with Crippen LogP contribution in [0.4, 0.5) is 0 Å². The van der Waals surface area contributed by atoms with E-state index in [1.807, 2.05) is 10.9 Å². The summed E-state index contributed by atoms with van der Waals surface area (Å²) in [6, 6.07) is 0.463. The van der Waals surface area contributed by atoms with Gasteiger partial charge in [-0.3, -0.25) is 4.68 Å². The Morgan fingerprint density at radius 1 is 1.71 bits per heavy atom. The van der Waals surface area contributed by atoms with Crippen LogP contribution in [-0.2, 0) is 4.74 Å². The number of nitrogens with zero attached hydrogens (tertiary/aromatic N) is 2. The van der Waals surface area contributed by atoms with Crippen molar-refractivity contribution < 1.29 is 9.53 Å². The first-order chi connectivity index (χ1) is 6.72. The second kappa shape index (κ2) is 3.73. The fourth-order valence-corrected chi connectivity index (χ4v) is 1.89. The molecule has 0 spiro atoms. The predicted molar refractivity (Wildman–Crippen MR) is 54.2 cm³/mol. The maximum absolute atomic E-state index is 11.2. The number of aromatic nitrogens is 2. The predicted octanol–water partition coefficient (Wildman–Crippen LogP) is 2.16. The first kappa shape index (κ1) is 9.71. The first-order valence-corrected chi connectivity index (χ1v) is 5.34. The highest BCUT2D eigenvalue weighted by atomic mass is 79.9. The van der Waals surface area contributed by atoms with Gasteiger partial charge in [0.15, 0.2) is 5.69 Å². The summed E-state index contributed by atoms with van der Waals surface area (Å²) in [5, 5.41) is 4.20. The number of ether oxygens (including phenoxy) is 1. The van der Waals surface area contributed by atoms with Crippen LogP contribution in [0, 0.1) is 0 Å². The molecule has 0 aromatic carbocycles. The highest BCUT2D eigenvalue weighted by Gasteiger charge is 2.23. The molecular formula is C9H11BrN2O2. The molecule has 14 heavy (non-hydrogen) atoms. The Hall–Kier alpha value is -0.840. The molecule has 0 aliphatic heterocycles. The lowest BCUT2D eigenvalue weighted by molar-refractivity contribution is 0.0591. The van der Waals surface area contributed by atoms with Crippen molar-refractivity contribution in [2.45, 2.75) is 25.3 Å². The summed E-state index contributed by atoms with van der Waals surface area (Å²) < 4.78 is 7.17. The lowest BCUT2D eigenvalue weighted by Crippen LogP contribution is -2.18. The number of hydrogen-bond donors (Lipinski definition) is 0. The number of methoxy groups -OCH3 is 1. The molecule has 0 unspecified atom stereocenters. The van der Waals surface area contributed by atoms with Gasteiger partial charge in [-0.15, -0.1) is 0 Å². The summed E-state index contributed by atoms with van der Waals surface area (Å²) >= 11 is 3.30. The molecule has 1 aliphatic rings. The minimum absolute atomic E-state index is 0.361. The van der Waals surface area contributed by atoms with Gasteiger partial charge >= 0.3 is 5.97 Å². The van der Waals surface area contributed by atoms with E-state index in [1.165, 1.54) is 13.5 Å². The van der Waals surface area contributed by atoms with Crippen LogP contribution in [-0.4, -0.2) is 22.9 Å². The highest BCUT2D eigenvalue weighted by Crippen LogP contribution is 2.32. The van der Waals surface area contributed by atoms with Gasteiger partial charge in [0.1, 0.15) is 0 Å². The molecule has 1 aromatic rings. The molecule has 0 saturated heterocycles. The van der Waals surface area contributed by atoms with Crippen LogP contribution in [0.3, 0.4) is 0 Å². The average molecular weight is 259 g/mol. The molecule has 2 rings (SSSR count). The van der Waals surface area contributed by atoms with E-state index in [1.54, 1.807) is 0 Å². The standard InChI is InChI=1S/C9H11BrN2O2/c1-14-9(13)8-7(10)5-12(11-8)6-3-2-4-6/h5-6H,2-4H2,1H3. The van der Waals surface area contributed by atoms with Crippen molar-refractivity contribution in [3.63, 3.8) is 0 Å². The van der Waals surface area contributed by atoms with Gasteiger partial charge in [-0.25, -0.2) is 4.79 Å². The second-order valence-electron chi connectivity index (χ2n) is 3.38. The minimum Gasteiger partial charge on any atom is -0.464 e. The number of esters is 1. The normalized spacial score (nSPS) is 16.4. The van der Waals surface area contributed by atoms with E-state index in [9.17, 15) is 4.79 Å². The van der Waals surface area contributed by atoms with E-state index in [2.05, 4.69) is 25.8 Å². The molecule has 4 nitrogen and oxygen atoms in total. The van der Waals surface area contributed by atoms with E-state index in [0.29, 0.717) is 16.2 Å². The van der Waals surface area contributed by atoms with E-state index >= 15 is 0 Å². The van der Waals surface area contributed by atoms with Crippen LogP contribution in [0.2, 0.25) is 0 Å². The molecule has 1 saturated carbocycles. The quantitative estimate of drug-likeness (QED) is 0.764. The molecule has 0 atom stereocenters. The lowest BCUT2D eigenvalue weighted by atomic mass is 9.93. The van der Waals surface area contributed by atoms with Crippen molar-refractivity contribution in [2.24, 2.45) is 0 Å². The summed E-state index contributed by atoms with van der Waals surface area (Å²) in [6.45, 7) is 0. The van der Waals surface area contributed by atoms with Gasteiger partial charge in [0, 0.05) is 6.20 Å². The fraction of sp³-hybridized carbons (Fsp3) is 0.556. The van der Waals surface area contributed by atoms with Crippen molar-refractivity contribution in [3.8, 4) is 0 Å². The van der Waals surface area contributed by atoms with Gasteiger partial charge in [0.05, 0.1) is 17.6 Å². The molecule has 0 amide bonds. The third-order valence-electron chi connectivity index (χ3n) is 2.51. The zero-order chi connectivity index (χ0) is 10.1. The maximum atomic E-state index is 11.2. The molecule has 1 aliphatic carbocycles. The van der Waals surface area contributed by atoms with Crippen LogP contribution < -0.4 is 0 Å². The number of rotatable bonds is 2. The molecule has 1 fully saturated rings. The van der Waals surface area contributed by atoms with Crippen molar-refractivity contribution in [1.82, 2.24) is 9.78 Å². The Morgan fingerprint density at radius 3 is 2.93 bits per heavy atom. The van der Waals surface area contributed by atoms with E-state index in [4.69, 9.17) is 0 Å². The van der Waals surface area contributed by atoms with Gasteiger partial charge in [-0.1, -0.05) is 0 Å². The topological polar surface area (TPSA) is 44.1 Å². The molecule has 0 bridgehead atoms. The molecular weight excluding hydrogens is 248 g/mol. The van der Waals surface area contributed by atoms with Gasteiger partial charge in [-0.2, -0.15) is 5.10 Å². The molecule has 1 heterocycles. The summed E-state index contributed by atoms with van der Waals surface area (Å²) in [6.07, 6.45) is 5.38. The molecule has 1 aromatic heterocycles. The van der Waals surface area contributed by atoms with Crippen molar-refractivity contribution in [2.75, 3.05) is 7.11 Å². The molecule has 5 heteroatoms. The van der Waals surface area contributed by atoms with Gasteiger partial charge < -0.3 is 4.74 Å². The Bertz CT molecular complexity index is 358. The highest BCUT2D eigenvalue weighted by molar-refractivity contribution is 9.10. The smallest absolute Gasteiger partial charge is 0.359 e. The Morgan fingerprint density at radius 2 is 2.43 bits per heavy atom. The Labute approximate surface area is 90.4 Å². The number of hydrogen-bond acceptors (Lipinski definition) is 3. The fourth-order valence-electron chi connectivity index (χ4n) is 1.44. The number of carbonyl (C=O) groups excluding carboxylic acids is 1. The van der Waals surface area contributed by atoms with Crippen molar-refractivity contribution in [3.05, 3.63) is 16.4 Å². The van der Waals surface area contributed by atoms with Crippen LogP contribution in [0.15, 0.2) is 10.7 Å². The van der Waals surface area contributed by atoms with E-state index < -0.39 is 5.97 Å². The largest absolute Gasteiger partial charge is 0.464 e. The van der Waals surface area contributed by atoms with Gasteiger partial charge in [0.25, 0.3) is 0 Å². The summed E-state index contributed by atoms with van der Waals surface area (Å²) in [7, 11) is 1.36. The van der Waals surface area contributed by atoms with Gasteiger partial charge in [-0.05, 0) is 35.2 Å². The zero-order valence-corrected chi connectivity index (χ0v) is 9.45. The van der Waals surface area contributed by atoms with Gasteiger partial charge in [0.2, 0.25) is 0 Å². The molecule has 0 N–H and O–H groups in total. The summed E-state index contributed by atoms with van der Waals surface area (Å²) in [4.78, 5) is 11.2. The second-order valence-corrected chi connectivity index (χ2v) is 4.24. The Balaban J connectivity index is 2.24. The number of halogens is 1.